The van der Waals surface area contributed by atoms with Gasteiger partial charge < -0.3 is 5.32 Å². The lowest BCUT2D eigenvalue weighted by atomic mass is 10.1. The maximum Gasteiger partial charge on any atom is 0.255 e. The number of hydrogen-bond donors (Lipinski definition) is 2. The van der Waals surface area contributed by atoms with Gasteiger partial charge in [-0.1, -0.05) is 18.5 Å². The van der Waals surface area contributed by atoms with Crippen molar-refractivity contribution in [3.05, 3.63) is 53.1 Å². The molecule has 1 aliphatic heterocycles. The van der Waals surface area contributed by atoms with E-state index >= 15 is 0 Å². The van der Waals surface area contributed by atoms with Crippen LogP contribution in [0.3, 0.4) is 0 Å². The Bertz CT molecular complexity index is 1210. The molecule has 1 atom stereocenters. The number of nitrogens with two attached hydrogens (primary N) is 1. The van der Waals surface area contributed by atoms with Crippen LogP contribution < -0.4 is 14.8 Å². The molecule has 2 aromatic carbocycles. The van der Waals surface area contributed by atoms with Gasteiger partial charge in [0.2, 0.25) is 26.0 Å². The molecule has 0 radical (unpaired) electrons. The quantitative estimate of drug-likeness (QED) is 0.712. The summed E-state index contributed by atoms with van der Waals surface area (Å²) in [7, 11) is -7.74. The Labute approximate surface area is 172 Å². The summed E-state index contributed by atoms with van der Waals surface area (Å²) in [4.78, 5) is 24.7. The first-order valence-electron chi connectivity index (χ1n) is 8.21. The summed E-state index contributed by atoms with van der Waals surface area (Å²) < 4.78 is 47.8. The van der Waals surface area contributed by atoms with Gasteiger partial charge in [-0.05, 0) is 42.5 Å². The first kappa shape index (κ1) is 21.2. The Hall–Kier alpha value is -2.47. The van der Waals surface area contributed by atoms with Crippen LogP contribution in [0.4, 0.5) is 11.4 Å². The number of hydrogen-bond acceptors (Lipinski definition) is 6. The van der Waals surface area contributed by atoms with Gasteiger partial charge in [-0.15, -0.1) is 0 Å². The average Bonchev–Trinajstić information content (AvgIpc) is 2.82. The van der Waals surface area contributed by atoms with Crippen molar-refractivity contribution in [2.45, 2.75) is 11.8 Å². The summed E-state index contributed by atoms with van der Waals surface area (Å²) >= 11 is 6.08. The van der Waals surface area contributed by atoms with E-state index in [4.69, 9.17) is 16.7 Å². The summed E-state index contributed by atoms with van der Waals surface area (Å²) in [6.45, 7) is 1.50. The van der Waals surface area contributed by atoms with E-state index in [-0.39, 0.29) is 32.6 Å². The average molecular weight is 458 g/mol. The molecule has 12 heteroatoms. The minimum atomic E-state index is -3.88. The Morgan fingerprint density at radius 3 is 2.34 bits per heavy atom. The van der Waals surface area contributed by atoms with Crippen LogP contribution in [0.1, 0.15) is 17.3 Å². The molecule has 2 amide bonds. The zero-order valence-corrected chi connectivity index (χ0v) is 17.4. The monoisotopic (exact) mass is 457 g/mol. The Kier molecular flexibility index (Phi) is 5.43. The topological polar surface area (TPSA) is 144 Å². The summed E-state index contributed by atoms with van der Waals surface area (Å²) in [6, 6.07) is 9.07. The van der Waals surface area contributed by atoms with E-state index in [2.05, 4.69) is 5.32 Å². The molecule has 0 aromatic heterocycles. The molecule has 1 fully saturated rings. The molecule has 0 saturated carbocycles. The Balaban J connectivity index is 1.90. The molecule has 1 aliphatic rings. The van der Waals surface area contributed by atoms with Gasteiger partial charge >= 0.3 is 0 Å². The van der Waals surface area contributed by atoms with Crippen LogP contribution in [0.15, 0.2) is 47.4 Å². The summed E-state index contributed by atoms with van der Waals surface area (Å²) in [5.74, 6) is -2.29. The number of benzene rings is 2. The second-order valence-corrected chi connectivity index (χ2v) is 10.3. The fraction of sp³-hybridized carbons (Fsp3) is 0.176. The van der Waals surface area contributed by atoms with Crippen molar-refractivity contribution in [1.82, 2.24) is 0 Å². The highest BCUT2D eigenvalue weighted by molar-refractivity contribution is 7.94. The molecule has 3 N–H and O–H groups in total. The van der Waals surface area contributed by atoms with Crippen LogP contribution in [0, 0.1) is 5.92 Å². The van der Waals surface area contributed by atoms with Crippen molar-refractivity contribution in [3.63, 3.8) is 0 Å². The van der Waals surface area contributed by atoms with Crippen LogP contribution >= 0.6 is 11.6 Å². The van der Waals surface area contributed by atoms with Crippen LogP contribution in [0.25, 0.3) is 0 Å². The Morgan fingerprint density at radius 2 is 1.83 bits per heavy atom. The highest BCUT2D eigenvalue weighted by Crippen LogP contribution is 2.34. The molecule has 0 bridgehead atoms. The van der Waals surface area contributed by atoms with Crippen molar-refractivity contribution in [3.8, 4) is 0 Å². The van der Waals surface area contributed by atoms with Crippen LogP contribution in [0.2, 0.25) is 5.02 Å². The minimum Gasteiger partial charge on any atom is -0.322 e. The van der Waals surface area contributed by atoms with E-state index in [1.165, 1.54) is 49.4 Å². The van der Waals surface area contributed by atoms with E-state index in [0.29, 0.717) is 4.31 Å². The maximum absolute atomic E-state index is 12.5. The van der Waals surface area contributed by atoms with Crippen molar-refractivity contribution in [2.75, 3.05) is 15.4 Å². The lowest BCUT2D eigenvalue weighted by molar-refractivity contribution is -0.119. The molecule has 1 heterocycles. The zero-order valence-electron chi connectivity index (χ0n) is 15.0. The molecule has 29 heavy (non-hydrogen) atoms. The second kappa shape index (κ2) is 7.41. The number of sulfonamides is 2. The van der Waals surface area contributed by atoms with Gasteiger partial charge in [0.1, 0.15) is 0 Å². The van der Waals surface area contributed by atoms with Gasteiger partial charge in [0.15, 0.2) is 0 Å². The summed E-state index contributed by atoms with van der Waals surface area (Å²) in [6.07, 6.45) is 0. The SMILES string of the molecule is CC1CS(=O)(=O)N(c2cc(C(=O)Nc3ccc(S(N)(=O)=O)cc3)ccc2Cl)C1=O. The number of anilines is 2. The van der Waals surface area contributed by atoms with E-state index < -0.39 is 37.8 Å². The number of rotatable bonds is 4. The third-order valence-corrected chi connectivity index (χ3v) is 7.33. The number of primary sulfonamides is 1. The molecule has 154 valence electrons. The first-order chi connectivity index (χ1) is 13.4. The zero-order chi connectivity index (χ0) is 21.6. The first-order valence-corrected chi connectivity index (χ1v) is 11.7. The molecule has 1 saturated heterocycles. The molecular formula is C17H16ClN3O6S2. The molecule has 0 aliphatic carbocycles. The number of nitrogens with zero attached hydrogens (tertiary/aromatic N) is 1. The number of carbonyl (C=O) groups excluding carboxylic acids is 2. The van der Waals surface area contributed by atoms with Crippen LogP contribution in [0.5, 0.6) is 0 Å². The molecule has 0 spiro atoms. The van der Waals surface area contributed by atoms with Gasteiger partial charge in [0, 0.05) is 11.3 Å². The van der Waals surface area contributed by atoms with Gasteiger partial charge in [0.05, 0.1) is 27.3 Å². The third-order valence-electron chi connectivity index (χ3n) is 4.23. The van der Waals surface area contributed by atoms with Crippen molar-refractivity contribution < 1.29 is 26.4 Å². The standard InChI is InChI=1S/C17H16ClN3O6S2/c1-10-9-28(24,25)21(17(10)23)15-8-11(2-7-14(15)18)16(22)20-12-3-5-13(6-4-12)29(19,26)27/h2-8,10H,9H2,1H3,(H,20,22)(H2,19,26,27). The summed E-state index contributed by atoms with van der Waals surface area (Å²) in [5.41, 5.74) is 0.248. The van der Waals surface area contributed by atoms with Crippen molar-refractivity contribution in [2.24, 2.45) is 11.1 Å². The van der Waals surface area contributed by atoms with E-state index in [1.54, 1.807) is 0 Å². The third kappa shape index (κ3) is 4.27. The van der Waals surface area contributed by atoms with Gasteiger partial charge in [-0.25, -0.2) is 26.3 Å². The van der Waals surface area contributed by atoms with Gasteiger partial charge in [-0.2, -0.15) is 0 Å². The molecule has 3 rings (SSSR count). The lowest BCUT2D eigenvalue weighted by Crippen LogP contribution is -2.30. The predicted molar refractivity (Wildman–Crippen MR) is 108 cm³/mol. The second-order valence-electron chi connectivity index (χ2n) is 6.47. The van der Waals surface area contributed by atoms with E-state index in [0.717, 1.165) is 0 Å². The molecule has 1 unspecified atom stereocenters. The normalized spacial score (nSPS) is 18.7. The predicted octanol–water partition coefficient (Wildman–Crippen LogP) is 1.55. The lowest BCUT2D eigenvalue weighted by Gasteiger charge is -2.17. The molecule has 2 aromatic rings. The smallest absolute Gasteiger partial charge is 0.255 e. The summed E-state index contributed by atoms with van der Waals surface area (Å²) in [5, 5.41) is 7.57. The van der Waals surface area contributed by atoms with Gasteiger partial charge in [0.25, 0.3) is 5.91 Å². The fourth-order valence-electron chi connectivity index (χ4n) is 2.81. The maximum atomic E-state index is 12.5. The highest BCUT2D eigenvalue weighted by Gasteiger charge is 2.43. The van der Waals surface area contributed by atoms with Crippen LogP contribution in [-0.4, -0.2) is 34.4 Å². The number of amides is 2. The Morgan fingerprint density at radius 1 is 1.21 bits per heavy atom. The number of halogens is 1. The highest BCUT2D eigenvalue weighted by atomic mass is 35.5. The molecule has 9 nitrogen and oxygen atoms in total. The minimum absolute atomic E-state index is 0.00470. The molecular weight excluding hydrogens is 442 g/mol. The fourth-order valence-corrected chi connectivity index (χ4v) is 5.40. The van der Waals surface area contributed by atoms with Gasteiger partial charge in [-0.3, -0.25) is 9.59 Å². The van der Waals surface area contributed by atoms with Crippen molar-refractivity contribution in [1.29, 1.82) is 0 Å². The van der Waals surface area contributed by atoms with E-state index in [9.17, 15) is 26.4 Å². The van der Waals surface area contributed by atoms with Crippen LogP contribution in [-0.2, 0) is 24.8 Å². The largest absolute Gasteiger partial charge is 0.322 e. The van der Waals surface area contributed by atoms with E-state index in [1.807, 2.05) is 0 Å². The number of carbonyl (C=O) groups is 2. The number of nitrogens with one attached hydrogen (secondary N) is 1. The van der Waals surface area contributed by atoms with Crippen molar-refractivity contribution >= 4 is 54.8 Å².